The van der Waals surface area contributed by atoms with Crippen molar-refractivity contribution < 1.29 is 14.3 Å². The zero-order valence-corrected chi connectivity index (χ0v) is 15.1. The van der Waals surface area contributed by atoms with Crippen molar-refractivity contribution in [2.24, 2.45) is 7.05 Å². The van der Waals surface area contributed by atoms with Gasteiger partial charge in [-0.1, -0.05) is 0 Å². The number of ether oxygens (including phenoxy) is 2. The van der Waals surface area contributed by atoms with Crippen LogP contribution in [-0.2, 0) is 27.9 Å². The molecule has 0 aromatic carbocycles. The quantitative estimate of drug-likeness (QED) is 0.819. The number of hydrogen-bond acceptors (Lipinski definition) is 6. The third kappa shape index (κ3) is 3.48. The fourth-order valence-corrected chi connectivity index (χ4v) is 4.05. The molecule has 2 saturated heterocycles. The van der Waals surface area contributed by atoms with Crippen LogP contribution in [0.4, 0.5) is 5.69 Å². The summed E-state index contributed by atoms with van der Waals surface area (Å²) in [7, 11) is 2.00. The topological polar surface area (TPSA) is 59.8 Å². The maximum absolute atomic E-state index is 12.3. The molecule has 0 radical (unpaired) electrons. The van der Waals surface area contributed by atoms with Crippen molar-refractivity contribution in [3.8, 4) is 0 Å². The summed E-state index contributed by atoms with van der Waals surface area (Å²) >= 11 is 1.59. The predicted octanol–water partition coefficient (Wildman–Crippen LogP) is 1.12. The molecule has 4 heterocycles. The van der Waals surface area contributed by atoms with Crippen LogP contribution < -0.4 is 4.90 Å². The van der Waals surface area contributed by atoms with E-state index in [-0.39, 0.29) is 12.5 Å². The summed E-state index contributed by atoms with van der Waals surface area (Å²) in [5.41, 5.74) is 0.440. The molecule has 1 spiro atoms. The van der Waals surface area contributed by atoms with Crippen molar-refractivity contribution in [2.75, 3.05) is 44.4 Å². The van der Waals surface area contributed by atoms with Gasteiger partial charge >= 0.3 is 0 Å². The van der Waals surface area contributed by atoms with Crippen molar-refractivity contribution in [1.82, 2.24) is 14.5 Å². The van der Waals surface area contributed by atoms with Crippen molar-refractivity contribution >= 4 is 22.9 Å². The summed E-state index contributed by atoms with van der Waals surface area (Å²) < 4.78 is 13.9. The number of anilines is 1. The summed E-state index contributed by atoms with van der Waals surface area (Å²) in [6.07, 6.45) is 3.76. The first-order valence-electron chi connectivity index (χ1n) is 8.38. The average Bonchev–Trinajstić information content (AvgIpc) is 3.22. The molecular formula is C17H22N4O3S. The molecule has 134 valence electrons. The molecule has 2 fully saturated rings. The first kappa shape index (κ1) is 16.7. The number of aryl methyl sites for hydroxylation is 1. The molecule has 2 aromatic heterocycles. The Balaban J connectivity index is 1.53. The molecule has 0 aliphatic carbocycles. The van der Waals surface area contributed by atoms with E-state index in [1.807, 2.05) is 45.7 Å². The van der Waals surface area contributed by atoms with Crippen LogP contribution in [0.2, 0.25) is 0 Å². The Kier molecular flexibility index (Phi) is 4.60. The number of amides is 1. The monoisotopic (exact) mass is 362 g/mol. The minimum absolute atomic E-state index is 0.00363. The van der Waals surface area contributed by atoms with E-state index in [4.69, 9.17) is 9.47 Å². The van der Waals surface area contributed by atoms with Gasteiger partial charge < -0.3 is 18.9 Å². The van der Waals surface area contributed by atoms with Crippen LogP contribution >= 0.6 is 11.3 Å². The standard InChI is InChI=1S/C17H22N4O3S/c1-19-4-3-18-15(19)8-20-5-6-23-13-17(11-20)12-21(16(22)9-24-17)14-2-7-25-10-14/h2-4,7,10H,5-6,8-9,11-13H2,1H3/t17-/m1/s1. The lowest BCUT2D eigenvalue weighted by molar-refractivity contribution is -0.146. The van der Waals surface area contributed by atoms with E-state index in [0.29, 0.717) is 26.3 Å². The van der Waals surface area contributed by atoms with Gasteiger partial charge in [0.05, 0.1) is 32.0 Å². The van der Waals surface area contributed by atoms with E-state index in [0.717, 1.165) is 24.6 Å². The van der Waals surface area contributed by atoms with Gasteiger partial charge in [-0.25, -0.2) is 4.98 Å². The van der Waals surface area contributed by atoms with E-state index < -0.39 is 5.60 Å². The Morgan fingerprint density at radius 2 is 2.32 bits per heavy atom. The summed E-state index contributed by atoms with van der Waals surface area (Å²) in [6, 6.07) is 1.98. The molecule has 0 N–H and O–H groups in total. The lowest BCUT2D eigenvalue weighted by atomic mass is 10.0. The number of nitrogens with zero attached hydrogens (tertiary/aromatic N) is 4. The van der Waals surface area contributed by atoms with Crippen LogP contribution in [0.5, 0.6) is 0 Å². The molecular weight excluding hydrogens is 340 g/mol. The Bertz CT molecular complexity index is 732. The van der Waals surface area contributed by atoms with Crippen LogP contribution in [0.15, 0.2) is 29.2 Å². The molecule has 4 rings (SSSR count). The zero-order valence-electron chi connectivity index (χ0n) is 14.3. The molecule has 7 nitrogen and oxygen atoms in total. The second kappa shape index (κ2) is 6.87. The lowest BCUT2D eigenvalue weighted by Gasteiger charge is -2.42. The average molecular weight is 362 g/mol. The Morgan fingerprint density at radius 3 is 3.08 bits per heavy atom. The Labute approximate surface area is 150 Å². The summed E-state index contributed by atoms with van der Waals surface area (Å²) in [5, 5.41) is 3.99. The number of aromatic nitrogens is 2. The number of imidazole rings is 1. The minimum Gasteiger partial charge on any atom is -0.377 e. The van der Waals surface area contributed by atoms with Gasteiger partial charge in [-0.2, -0.15) is 11.3 Å². The Hall–Kier alpha value is -1.74. The molecule has 1 atom stereocenters. The molecule has 1 amide bonds. The smallest absolute Gasteiger partial charge is 0.253 e. The maximum Gasteiger partial charge on any atom is 0.253 e. The molecule has 25 heavy (non-hydrogen) atoms. The van der Waals surface area contributed by atoms with Crippen molar-refractivity contribution in [3.05, 3.63) is 35.0 Å². The number of carbonyl (C=O) groups is 1. The summed E-state index contributed by atoms with van der Waals surface area (Å²) in [4.78, 5) is 20.9. The SMILES string of the molecule is Cn1ccnc1CN1CCOC[C@@]2(C1)CN(c1ccsc1)C(=O)CO2. The number of carbonyl (C=O) groups excluding carboxylic acids is 1. The number of morpholine rings is 1. The van der Waals surface area contributed by atoms with Crippen LogP contribution in [0.25, 0.3) is 0 Å². The number of rotatable bonds is 3. The predicted molar refractivity (Wildman–Crippen MR) is 94.7 cm³/mol. The highest BCUT2D eigenvalue weighted by molar-refractivity contribution is 7.08. The maximum atomic E-state index is 12.3. The van der Waals surface area contributed by atoms with Crippen LogP contribution in [0.1, 0.15) is 5.82 Å². The molecule has 0 bridgehead atoms. The van der Waals surface area contributed by atoms with Crippen molar-refractivity contribution in [2.45, 2.75) is 12.1 Å². The Morgan fingerprint density at radius 1 is 1.40 bits per heavy atom. The molecule has 2 aliphatic heterocycles. The highest BCUT2D eigenvalue weighted by Crippen LogP contribution is 2.28. The number of thiophene rings is 1. The second-order valence-corrected chi connectivity index (χ2v) is 7.43. The summed E-state index contributed by atoms with van der Waals surface area (Å²) in [6.45, 7) is 4.04. The third-order valence-corrected chi connectivity index (χ3v) is 5.45. The second-order valence-electron chi connectivity index (χ2n) is 6.65. The first-order valence-corrected chi connectivity index (χ1v) is 9.32. The zero-order chi connectivity index (χ0) is 17.3. The van der Waals surface area contributed by atoms with Crippen molar-refractivity contribution in [1.29, 1.82) is 0 Å². The van der Waals surface area contributed by atoms with Crippen LogP contribution in [-0.4, -0.2) is 65.4 Å². The molecule has 2 aromatic rings. The number of hydrogen-bond donors (Lipinski definition) is 0. The van der Waals surface area contributed by atoms with Crippen molar-refractivity contribution in [3.63, 3.8) is 0 Å². The normalized spacial score (nSPS) is 25.5. The summed E-state index contributed by atoms with van der Waals surface area (Å²) in [5.74, 6) is 1.02. The van der Waals surface area contributed by atoms with E-state index in [9.17, 15) is 4.79 Å². The van der Waals surface area contributed by atoms with Crippen LogP contribution in [0.3, 0.4) is 0 Å². The van der Waals surface area contributed by atoms with Gasteiger partial charge in [0.25, 0.3) is 5.91 Å². The van der Waals surface area contributed by atoms with E-state index in [1.165, 1.54) is 0 Å². The van der Waals surface area contributed by atoms with E-state index >= 15 is 0 Å². The van der Waals surface area contributed by atoms with Gasteiger partial charge in [-0.3, -0.25) is 9.69 Å². The van der Waals surface area contributed by atoms with Crippen LogP contribution in [0, 0.1) is 0 Å². The van der Waals surface area contributed by atoms with Gasteiger partial charge in [0.1, 0.15) is 18.0 Å². The molecule has 8 heteroatoms. The first-order chi connectivity index (χ1) is 12.2. The largest absolute Gasteiger partial charge is 0.377 e. The molecule has 2 aliphatic rings. The van der Waals surface area contributed by atoms with E-state index in [2.05, 4.69) is 9.88 Å². The van der Waals surface area contributed by atoms with E-state index in [1.54, 1.807) is 11.3 Å². The lowest BCUT2D eigenvalue weighted by Crippen LogP contribution is -2.60. The van der Waals surface area contributed by atoms with Gasteiger partial charge in [-0.15, -0.1) is 0 Å². The fourth-order valence-electron chi connectivity index (χ4n) is 3.41. The fraction of sp³-hybridized carbons (Fsp3) is 0.529. The highest BCUT2D eigenvalue weighted by Gasteiger charge is 2.43. The van der Waals surface area contributed by atoms with Gasteiger partial charge in [0.15, 0.2) is 0 Å². The minimum atomic E-state index is -0.502. The van der Waals surface area contributed by atoms with Gasteiger partial charge in [0, 0.05) is 37.9 Å². The molecule has 0 unspecified atom stereocenters. The third-order valence-electron chi connectivity index (χ3n) is 4.78. The highest BCUT2D eigenvalue weighted by atomic mass is 32.1. The van der Waals surface area contributed by atoms with Gasteiger partial charge in [-0.05, 0) is 11.4 Å². The molecule has 0 saturated carbocycles. The van der Waals surface area contributed by atoms with Gasteiger partial charge in [0.2, 0.25) is 0 Å².